The molecule has 148 valence electrons. The Morgan fingerprint density at radius 2 is 1.93 bits per heavy atom. The predicted molar refractivity (Wildman–Crippen MR) is 125 cm³/mol. The average molecular weight is 490 g/mol. The second-order valence-corrected chi connectivity index (χ2v) is 8.68. The van der Waals surface area contributed by atoms with Crippen molar-refractivity contribution in [2.45, 2.75) is 13.0 Å². The zero-order valence-corrected chi connectivity index (χ0v) is 18.7. The highest BCUT2D eigenvalue weighted by molar-refractivity contribution is 9.10. The number of rotatable bonds is 4. The van der Waals surface area contributed by atoms with Crippen LogP contribution in [-0.2, 0) is 6.54 Å². The molecular formula is C23H19BrCl2N2O. The molecule has 1 N–H and O–H groups in total. The van der Waals surface area contributed by atoms with Gasteiger partial charge in [0, 0.05) is 29.5 Å². The van der Waals surface area contributed by atoms with Gasteiger partial charge in [0.05, 0.1) is 15.7 Å². The fourth-order valence-electron chi connectivity index (χ4n) is 3.39. The molecule has 0 radical (unpaired) electrons. The molecular weight excluding hydrogens is 471 g/mol. The second-order valence-electron chi connectivity index (χ2n) is 7.01. The monoisotopic (exact) mass is 488 g/mol. The van der Waals surface area contributed by atoms with Gasteiger partial charge in [-0.2, -0.15) is 0 Å². The van der Waals surface area contributed by atoms with E-state index in [-0.39, 0.29) is 10.8 Å². The van der Waals surface area contributed by atoms with Crippen LogP contribution in [0.1, 0.15) is 17.7 Å². The molecule has 0 aliphatic carbocycles. The van der Waals surface area contributed by atoms with Gasteiger partial charge in [0.15, 0.2) is 5.75 Å². The third kappa shape index (κ3) is 4.67. The number of phenolic OH excluding ortho intramolecular Hbond substituents is 1. The predicted octanol–water partition coefficient (Wildman–Crippen LogP) is 6.86. The fraction of sp³-hybridized carbons (Fsp3) is 0.174. The summed E-state index contributed by atoms with van der Waals surface area (Å²) >= 11 is 15.8. The molecule has 0 bridgehead atoms. The topological polar surface area (TPSA) is 36.4 Å². The smallest absolute Gasteiger partial charge is 0.160 e. The van der Waals surface area contributed by atoms with E-state index in [0.717, 1.165) is 36.2 Å². The standard InChI is InChI=1S/C23H19BrCl2N2O/c24-19-4-2-1-3-16(19)14-28-11-9-15(10-12-28)5-6-17-7-8-18-20(25)13-21(26)23(29)22(18)27-17/h1-9,13,29H,10-12,14H2. The molecule has 0 saturated carbocycles. The van der Waals surface area contributed by atoms with E-state index in [4.69, 9.17) is 23.2 Å². The van der Waals surface area contributed by atoms with Crippen molar-refractivity contribution in [1.82, 2.24) is 9.88 Å². The molecule has 29 heavy (non-hydrogen) atoms. The summed E-state index contributed by atoms with van der Waals surface area (Å²) in [6.45, 7) is 2.86. The second kappa shape index (κ2) is 8.88. The van der Waals surface area contributed by atoms with Crippen LogP contribution in [0.5, 0.6) is 5.75 Å². The lowest BCUT2D eigenvalue weighted by Gasteiger charge is -2.25. The summed E-state index contributed by atoms with van der Waals surface area (Å²) in [6, 6.07) is 13.6. The normalized spacial score (nSPS) is 15.2. The lowest BCUT2D eigenvalue weighted by Crippen LogP contribution is -2.28. The SMILES string of the molecule is Oc1c(Cl)cc(Cl)c2ccc(C=CC3=CCN(Cc4ccccc4Br)CC3)nc12. The first-order valence-corrected chi connectivity index (χ1v) is 10.9. The molecule has 2 heterocycles. The molecule has 0 spiro atoms. The van der Waals surface area contributed by atoms with E-state index >= 15 is 0 Å². The van der Waals surface area contributed by atoms with E-state index < -0.39 is 0 Å². The minimum atomic E-state index is -0.0408. The molecule has 0 fully saturated rings. The molecule has 3 nitrogen and oxygen atoms in total. The number of pyridine rings is 1. The van der Waals surface area contributed by atoms with Gasteiger partial charge in [-0.25, -0.2) is 4.98 Å². The third-order valence-electron chi connectivity index (χ3n) is 5.03. The van der Waals surface area contributed by atoms with E-state index in [1.165, 1.54) is 17.2 Å². The fourth-order valence-corrected chi connectivity index (χ4v) is 4.32. The number of hydrogen-bond donors (Lipinski definition) is 1. The van der Waals surface area contributed by atoms with E-state index in [1.54, 1.807) is 0 Å². The molecule has 3 aromatic rings. The summed E-state index contributed by atoms with van der Waals surface area (Å²) in [5.41, 5.74) is 3.76. The van der Waals surface area contributed by atoms with E-state index in [9.17, 15) is 5.11 Å². The van der Waals surface area contributed by atoms with Crippen molar-refractivity contribution in [2.24, 2.45) is 0 Å². The molecule has 6 heteroatoms. The number of aromatic nitrogens is 1. The van der Waals surface area contributed by atoms with Crippen molar-refractivity contribution in [3.8, 4) is 5.75 Å². The van der Waals surface area contributed by atoms with Crippen molar-refractivity contribution in [2.75, 3.05) is 13.1 Å². The van der Waals surface area contributed by atoms with Crippen LogP contribution in [0.15, 0.2) is 64.7 Å². The minimum Gasteiger partial charge on any atom is -0.504 e. The van der Waals surface area contributed by atoms with Crippen LogP contribution in [0.25, 0.3) is 17.0 Å². The van der Waals surface area contributed by atoms with E-state index in [2.05, 4.69) is 56.2 Å². The Balaban J connectivity index is 1.46. The molecule has 0 saturated heterocycles. The highest BCUT2D eigenvalue weighted by atomic mass is 79.9. The van der Waals surface area contributed by atoms with Gasteiger partial charge in [-0.15, -0.1) is 0 Å². The van der Waals surface area contributed by atoms with Crippen LogP contribution in [0.4, 0.5) is 0 Å². The lowest BCUT2D eigenvalue weighted by atomic mass is 10.1. The van der Waals surface area contributed by atoms with Crippen LogP contribution in [-0.4, -0.2) is 28.1 Å². The van der Waals surface area contributed by atoms with Gasteiger partial charge in [-0.1, -0.05) is 69.5 Å². The summed E-state index contributed by atoms with van der Waals surface area (Å²) in [5, 5.41) is 11.6. The Labute approximate surface area is 188 Å². The quantitative estimate of drug-likeness (QED) is 0.435. The van der Waals surface area contributed by atoms with Gasteiger partial charge in [-0.3, -0.25) is 4.90 Å². The van der Waals surface area contributed by atoms with Crippen LogP contribution in [0.2, 0.25) is 10.0 Å². The molecule has 1 aromatic heterocycles. The number of hydrogen-bond acceptors (Lipinski definition) is 3. The number of phenols is 1. The van der Waals surface area contributed by atoms with Crippen molar-refractivity contribution in [1.29, 1.82) is 0 Å². The summed E-state index contributed by atoms with van der Waals surface area (Å²) in [4.78, 5) is 6.94. The van der Waals surface area contributed by atoms with Gasteiger partial charge in [0.1, 0.15) is 5.52 Å². The van der Waals surface area contributed by atoms with Gasteiger partial charge in [-0.05, 0) is 47.9 Å². The number of nitrogens with zero attached hydrogens (tertiary/aromatic N) is 2. The Morgan fingerprint density at radius 1 is 1.10 bits per heavy atom. The molecule has 1 aliphatic heterocycles. The van der Waals surface area contributed by atoms with Crippen molar-refractivity contribution < 1.29 is 5.11 Å². The van der Waals surface area contributed by atoms with E-state index in [0.29, 0.717) is 15.9 Å². The van der Waals surface area contributed by atoms with Crippen molar-refractivity contribution in [3.05, 3.63) is 86.0 Å². The zero-order chi connectivity index (χ0) is 20.4. The first kappa shape index (κ1) is 20.4. The van der Waals surface area contributed by atoms with Gasteiger partial charge in [0.2, 0.25) is 0 Å². The molecule has 0 atom stereocenters. The average Bonchev–Trinajstić information content (AvgIpc) is 2.73. The van der Waals surface area contributed by atoms with Crippen LogP contribution < -0.4 is 0 Å². The van der Waals surface area contributed by atoms with Gasteiger partial charge in [0.25, 0.3) is 0 Å². The Hall–Kier alpha value is -1.85. The largest absolute Gasteiger partial charge is 0.504 e. The zero-order valence-electron chi connectivity index (χ0n) is 15.6. The Morgan fingerprint density at radius 3 is 2.69 bits per heavy atom. The molecule has 2 aromatic carbocycles. The number of fused-ring (bicyclic) bond motifs is 1. The molecule has 1 aliphatic rings. The van der Waals surface area contributed by atoms with Gasteiger partial charge >= 0.3 is 0 Å². The molecule has 0 unspecified atom stereocenters. The van der Waals surface area contributed by atoms with Gasteiger partial charge < -0.3 is 5.11 Å². The maximum absolute atomic E-state index is 10.2. The van der Waals surface area contributed by atoms with Crippen LogP contribution in [0, 0.1) is 0 Å². The summed E-state index contributed by atoms with van der Waals surface area (Å²) in [5.74, 6) is -0.0408. The summed E-state index contributed by atoms with van der Waals surface area (Å²) in [7, 11) is 0. The Bertz CT molecular complexity index is 1130. The number of aromatic hydroxyl groups is 1. The van der Waals surface area contributed by atoms with E-state index in [1.807, 2.05) is 24.3 Å². The maximum atomic E-state index is 10.2. The first-order chi connectivity index (χ1) is 14.0. The number of halogens is 3. The van der Waals surface area contributed by atoms with Crippen molar-refractivity contribution >= 4 is 56.1 Å². The summed E-state index contributed by atoms with van der Waals surface area (Å²) < 4.78 is 1.15. The van der Waals surface area contributed by atoms with Crippen LogP contribution >= 0.6 is 39.1 Å². The molecule has 0 amide bonds. The highest BCUT2D eigenvalue weighted by Gasteiger charge is 2.13. The minimum absolute atomic E-state index is 0.0408. The number of benzene rings is 2. The number of allylic oxidation sites excluding steroid dienone is 1. The summed E-state index contributed by atoms with van der Waals surface area (Å²) in [6.07, 6.45) is 7.29. The third-order valence-corrected chi connectivity index (χ3v) is 6.40. The first-order valence-electron chi connectivity index (χ1n) is 9.32. The Kier molecular flexibility index (Phi) is 6.26. The maximum Gasteiger partial charge on any atom is 0.160 e. The molecule has 4 rings (SSSR count). The van der Waals surface area contributed by atoms with Crippen molar-refractivity contribution in [3.63, 3.8) is 0 Å². The van der Waals surface area contributed by atoms with Crippen LogP contribution in [0.3, 0.4) is 0 Å². The highest BCUT2D eigenvalue weighted by Crippen LogP contribution is 2.36. The lowest BCUT2D eigenvalue weighted by molar-refractivity contribution is 0.287.